The summed E-state index contributed by atoms with van der Waals surface area (Å²) >= 11 is 1.41. The molecule has 0 aliphatic carbocycles. The highest BCUT2D eigenvalue weighted by atomic mass is 32.1. The highest BCUT2D eigenvalue weighted by Gasteiger charge is 2.19. The SMILES string of the molecule is CCCN(Cc1cnc(-c2cc3nccc(Oc4ccc(CC(=O)Cc5ccc(F)cc5F)cc4F)c3s2)n1C)C(C)=O. The number of carbonyl (C=O) groups excluding carboxylic acids is 2. The molecule has 0 unspecified atom stereocenters. The zero-order valence-electron chi connectivity index (χ0n) is 23.9. The number of rotatable bonds is 11. The molecule has 0 aliphatic rings. The van der Waals surface area contributed by atoms with Gasteiger partial charge in [-0.2, -0.15) is 0 Å². The molecule has 1 amide bonds. The monoisotopic (exact) mass is 606 g/mol. The Hall–Kier alpha value is -4.51. The molecule has 0 fully saturated rings. The van der Waals surface area contributed by atoms with Crippen LogP contribution >= 0.6 is 11.3 Å². The average molecular weight is 607 g/mol. The second kappa shape index (κ2) is 12.8. The average Bonchev–Trinajstić information content (AvgIpc) is 3.55. The van der Waals surface area contributed by atoms with Crippen molar-refractivity contribution < 1.29 is 27.5 Å². The van der Waals surface area contributed by atoms with Crippen LogP contribution in [0.4, 0.5) is 13.2 Å². The number of aromatic nitrogens is 3. The summed E-state index contributed by atoms with van der Waals surface area (Å²) < 4.78 is 50.7. The van der Waals surface area contributed by atoms with Gasteiger partial charge in [-0.1, -0.05) is 19.1 Å². The summed E-state index contributed by atoms with van der Waals surface area (Å²) in [6.45, 7) is 4.69. The van der Waals surface area contributed by atoms with Crippen LogP contribution in [0.5, 0.6) is 11.5 Å². The van der Waals surface area contributed by atoms with E-state index in [0.29, 0.717) is 40.4 Å². The number of hydrogen-bond donors (Lipinski definition) is 0. The van der Waals surface area contributed by atoms with E-state index in [0.717, 1.165) is 29.1 Å². The third kappa shape index (κ3) is 6.77. The van der Waals surface area contributed by atoms with Gasteiger partial charge in [0.05, 0.1) is 33.5 Å². The van der Waals surface area contributed by atoms with Gasteiger partial charge in [0.1, 0.15) is 29.0 Å². The normalized spacial score (nSPS) is 11.2. The number of ketones is 1. The van der Waals surface area contributed by atoms with E-state index in [9.17, 15) is 18.4 Å². The summed E-state index contributed by atoms with van der Waals surface area (Å²) in [7, 11) is 1.90. The largest absolute Gasteiger partial charge is 0.453 e. The lowest BCUT2D eigenvalue weighted by Gasteiger charge is -2.20. The molecule has 5 aromatic rings. The standard InChI is InChI=1S/C32H29F3N4O3S/c1-4-11-39(19(2)40)18-23-17-37-32(38(23)3)30-16-27-31(43-30)29(9-10-36-27)42-28-8-5-20(13-26(28)35)12-24(41)14-21-6-7-22(33)15-25(21)34/h5-10,13,15-17H,4,11-12,14,18H2,1-3H3. The molecule has 7 nitrogen and oxygen atoms in total. The van der Waals surface area contributed by atoms with E-state index in [-0.39, 0.29) is 35.8 Å². The molecular formula is C32H29F3N4O3S. The molecule has 3 aromatic heterocycles. The van der Waals surface area contributed by atoms with E-state index in [1.165, 1.54) is 29.5 Å². The van der Waals surface area contributed by atoms with Gasteiger partial charge in [-0.25, -0.2) is 18.2 Å². The summed E-state index contributed by atoms with van der Waals surface area (Å²) in [6, 6.07) is 10.8. The first-order valence-electron chi connectivity index (χ1n) is 13.7. The van der Waals surface area contributed by atoms with Crippen LogP contribution in [0.25, 0.3) is 20.9 Å². The summed E-state index contributed by atoms with van der Waals surface area (Å²) in [5, 5.41) is 0. The first kappa shape index (κ1) is 30.0. The van der Waals surface area contributed by atoms with Crippen molar-refractivity contribution in [1.29, 1.82) is 0 Å². The molecule has 0 bridgehead atoms. The number of thiophene rings is 1. The maximum Gasteiger partial charge on any atom is 0.219 e. The van der Waals surface area contributed by atoms with Crippen molar-refractivity contribution in [1.82, 2.24) is 19.4 Å². The van der Waals surface area contributed by atoms with E-state index in [2.05, 4.69) is 9.97 Å². The number of pyridine rings is 1. The van der Waals surface area contributed by atoms with Crippen LogP contribution < -0.4 is 4.74 Å². The number of carbonyl (C=O) groups is 2. The minimum Gasteiger partial charge on any atom is -0.453 e. The number of halogens is 3. The van der Waals surface area contributed by atoms with Gasteiger partial charge in [0.2, 0.25) is 5.91 Å². The lowest BCUT2D eigenvalue weighted by molar-refractivity contribution is -0.129. The van der Waals surface area contributed by atoms with Crippen molar-refractivity contribution in [3.8, 4) is 22.2 Å². The third-order valence-electron chi connectivity index (χ3n) is 6.99. The molecular weight excluding hydrogens is 577 g/mol. The zero-order chi connectivity index (χ0) is 30.7. The minimum absolute atomic E-state index is 0.00436. The van der Waals surface area contributed by atoms with Crippen LogP contribution in [-0.2, 0) is 36.0 Å². The molecule has 0 saturated heterocycles. The van der Waals surface area contributed by atoms with Crippen molar-refractivity contribution >= 4 is 33.2 Å². The Labute approximate surface area is 250 Å². The second-order valence-corrected chi connectivity index (χ2v) is 11.3. The Morgan fingerprint density at radius 3 is 2.51 bits per heavy atom. The lowest BCUT2D eigenvalue weighted by Crippen LogP contribution is -2.29. The first-order chi connectivity index (χ1) is 20.6. The van der Waals surface area contributed by atoms with Gasteiger partial charge in [-0.15, -0.1) is 11.3 Å². The fourth-order valence-electron chi connectivity index (χ4n) is 4.76. The topological polar surface area (TPSA) is 77.3 Å². The van der Waals surface area contributed by atoms with E-state index >= 15 is 4.39 Å². The minimum atomic E-state index is -0.793. The van der Waals surface area contributed by atoms with Gasteiger partial charge in [0.15, 0.2) is 11.6 Å². The quantitative estimate of drug-likeness (QED) is 0.162. The number of benzene rings is 2. The van der Waals surface area contributed by atoms with Gasteiger partial charge in [0.25, 0.3) is 0 Å². The summed E-state index contributed by atoms with van der Waals surface area (Å²) in [5.41, 5.74) is 2.04. The third-order valence-corrected chi connectivity index (χ3v) is 8.13. The maximum absolute atomic E-state index is 15.1. The van der Waals surface area contributed by atoms with Crippen molar-refractivity contribution in [2.75, 3.05) is 6.54 Å². The number of Topliss-reactive ketones (excluding diaryl/α,β-unsaturated/α-hetero) is 1. The smallest absolute Gasteiger partial charge is 0.219 e. The number of imidazole rings is 1. The summed E-state index contributed by atoms with van der Waals surface area (Å²) in [6.07, 6.45) is 3.85. The van der Waals surface area contributed by atoms with Gasteiger partial charge in [-0.3, -0.25) is 14.6 Å². The van der Waals surface area contributed by atoms with Gasteiger partial charge < -0.3 is 14.2 Å². The van der Waals surface area contributed by atoms with Crippen LogP contribution in [-0.4, -0.2) is 37.7 Å². The van der Waals surface area contributed by atoms with E-state index in [4.69, 9.17) is 4.74 Å². The van der Waals surface area contributed by atoms with Crippen molar-refractivity contribution in [2.45, 2.75) is 39.7 Å². The first-order valence-corrected chi connectivity index (χ1v) is 14.5. The molecule has 0 atom stereocenters. The molecule has 0 aliphatic heterocycles. The predicted molar refractivity (Wildman–Crippen MR) is 158 cm³/mol. The molecule has 0 spiro atoms. The molecule has 0 N–H and O–H groups in total. The molecule has 3 heterocycles. The maximum atomic E-state index is 15.1. The Morgan fingerprint density at radius 1 is 0.977 bits per heavy atom. The number of nitrogens with zero attached hydrogens (tertiary/aromatic N) is 4. The second-order valence-electron chi connectivity index (χ2n) is 10.2. The van der Waals surface area contributed by atoms with Crippen LogP contribution in [0.15, 0.2) is 60.9 Å². The van der Waals surface area contributed by atoms with Gasteiger partial charge >= 0.3 is 0 Å². The zero-order valence-corrected chi connectivity index (χ0v) is 24.7. The lowest BCUT2D eigenvalue weighted by atomic mass is 10.0. The Balaban J connectivity index is 1.32. The van der Waals surface area contributed by atoms with Crippen molar-refractivity contribution in [2.24, 2.45) is 7.05 Å². The molecule has 2 aromatic carbocycles. The van der Waals surface area contributed by atoms with E-state index in [1.807, 2.05) is 24.6 Å². The molecule has 0 saturated carbocycles. The van der Waals surface area contributed by atoms with E-state index in [1.54, 1.807) is 36.4 Å². The van der Waals surface area contributed by atoms with Crippen LogP contribution in [0.3, 0.4) is 0 Å². The van der Waals surface area contributed by atoms with E-state index < -0.39 is 17.5 Å². The molecule has 11 heteroatoms. The van der Waals surface area contributed by atoms with Gasteiger partial charge in [0, 0.05) is 51.7 Å². The highest BCUT2D eigenvalue weighted by Crippen LogP contribution is 2.39. The van der Waals surface area contributed by atoms with Crippen LogP contribution in [0.2, 0.25) is 0 Å². The van der Waals surface area contributed by atoms with Crippen LogP contribution in [0.1, 0.15) is 37.1 Å². The predicted octanol–water partition coefficient (Wildman–Crippen LogP) is 7.02. The van der Waals surface area contributed by atoms with Crippen molar-refractivity contribution in [3.63, 3.8) is 0 Å². The number of hydrogen-bond acceptors (Lipinski definition) is 6. The molecule has 222 valence electrons. The highest BCUT2D eigenvalue weighted by molar-refractivity contribution is 7.22. The number of fused-ring (bicyclic) bond motifs is 1. The fraction of sp³-hybridized carbons (Fsp3) is 0.250. The summed E-state index contributed by atoms with van der Waals surface area (Å²) in [4.78, 5) is 36.1. The fourth-order valence-corrected chi connectivity index (χ4v) is 5.86. The number of amides is 1. The van der Waals surface area contributed by atoms with Crippen molar-refractivity contribution in [3.05, 3.63) is 95.2 Å². The Morgan fingerprint density at radius 2 is 1.79 bits per heavy atom. The summed E-state index contributed by atoms with van der Waals surface area (Å²) in [5.74, 6) is -1.40. The molecule has 43 heavy (non-hydrogen) atoms. The Kier molecular flexibility index (Phi) is 8.91. The van der Waals surface area contributed by atoms with Gasteiger partial charge in [-0.05, 0) is 41.8 Å². The molecule has 0 radical (unpaired) electrons. The van der Waals surface area contributed by atoms with Crippen LogP contribution in [0, 0.1) is 17.5 Å². The number of ether oxygens (including phenoxy) is 1. The Bertz CT molecular complexity index is 1820. The molecule has 5 rings (SSSR count).